The van der Waals surface area contributed by atoms with Gasteiger partial charge >= 0.3 is 0 Å². The highest BCUT2D eigenvalue weighted by molar-refractivity contribution is 5.40. The molecule has 1 unspecified atom stereocenters. The molecule has 1 saturated heterocycles. The highest BCUT2D eigenvalue weighted by Crippen LogP contribution is 2.20. The number of hydrogen-bond acceptors (Lipinski definition) is 2. The van der Waals surface area contributed by atoms with Crippen LogP contribution in [-0.2, 0) is 6.42 Å². The summed E-state index contributed by atoms with van der Waals surface area (Å²) in [7, 11) is 0. The van der Waals surface area contributed by atoms with Gasteiger partial charge in [0.15, 0.2) is 0 Å². The molecule has 1 aromatic carbocycles. The predicted molar refractivity (Wildman–Crippen MR) is 64.8 cm³/mol. The zero-order valence-electron chi connectivity index (χ0n) is 9.21. The number of nitrogen functional groups attached to an aromatic ring is 1. The third-order valence-corrected chi connectivity index (χ3v) is 3.17. The summed E-state index contributed by atoms with van der Waals surface area (Å²) in [4.78, 5) is 0. The fraction of sp³-hybridized carbons (Fsp3) is 0.538. The molecule has 1 atom stereocenters. The zero-order chi connectivity index (χ0) is 10.5. The van der Waals surface area contributed by atoms with E-state index in [4.69, 9.17) is 5.73 Å². The van der Waals surface area contributed by atoms with Crippen molar-refractivity contribution in [2.75, 3.05) is 18.8 Å². The maximum Gasteiger partial charge on any atom is 0.0316 e. The van der Waals surface area contributed by atoms with Crippen molar-refractivity contribution < 1.29 is 0 Å². The van der Waals surface area contributed by atoms with Crippen molar-refractivity contribution in [2.24, 2.45) is 5.92 Å². The Morgan fingerprint density at radius 2 is 2.20 bits per heavy atom. The Hall–Kier alpha value is -1.02. The lowest BCUT2D eigenvalue weighted by Crippen LogP contribution is -2.14. The maximum absolute atomic E-state index is 5.78. The Bertz CT molecular complexity index is 301. The molecule has 1 heterocycles. The van der Waals surface area contributed by atoms with E-state index in [2.05, 4.69) is 23.5 Å². The van der Waals surface area contributed by atoms with Crippen molar-refractivity contribution >= 4 is 5.69 Å². The molecule has 0 aliphatic carbocycles. The summed E-state index contributed by atoms with van der Waals surface area (Å²) in [5.41, 5.74) is 8.06. The highest BCUT2D eigenvalue weighted by atomic mass is 14.8. The highest BCUT2D eigenvalue weighted by Gasteiger charge is 2.12. The van der Waals surface area contributed by atoms with Gasteiger partial charge in [-0.1, -0.05) is 12.1 Å². The molecule has 1 aliphatic heterocycles. The van der Waals surface area contributed by atoms with Gasteiger partial charge in [-0.05, 0) is 62.4 Å². The summed E-state index contributed by atoms with van der Waals surface area (Å²) < 4.78 is 0. The monoisotopic (exact) mass is 204 g/mol. The third-order valence-electron chi connectivity index (χ3n) is 3.17. The maximum atomic E-state index is 5.78. The molecule has 0 radical (unpaired) electrons. The second-order valence-electron chi connectivity index (χ2n) is 4.50. The van der Waals surface area contributed by atoms with Crippen LogP contribution >= 0.6 is 0 Å². The summed E-state index contributed by atoms with van der Waals surface area (Å²) >= 11 is 0. The molecule has 15 heavy (non-hydrogen) atoms. The standard InChI is InChI=1S/C13H20N2/c14-13-5-1-3-12(10-13)9-11-4-2-7-15-8-6-11/h1,3,5,10-11,15H,2,4,6-9,14H2. The second-order valence-corrected chi connectivity index (χ2v) is 4.50. The molecule has 1 fully saturated rings. The average Bonchev–Trinajstić information content (AvgIpc) is 2.46. The van der Waals surface area contributed by atoms with Gasteiger partial charge in [0.1, 0.15) is 0 Å². The summed E-state index contributed by atoms with van der Waals surface area (Å²) in [6, 6.07) is 8.31. The molecule has 0 saturated carbocycles. The molecule has 0 aromatic heterocycles. The van der Waals surface area contributed by atoms with E-state index in [9.17, 15) is 0 Å². The van der Waals surface area contributed by atoms with E-state index < -0.39 is 0 Å². The van der Waals surface area contributed by atoms with Crippen LogP contribution in [0.5, 0.6) is 0 Å². The first-order valence-corrected chi connectivity index (χ1v) is 5.90. The quantitative estimate of drug-likeness (QED) is 0.725. The van der Waals surface area contributed by atoms with Crippen LogP contribution in [0.1, 0.15) is 24.8 Å². The molecule has 0 amide bonds. The van der Waals surface area contributed by atoms with Gasteiger partial charge in [-0.2, -0.15) is 0 Å². The number of nitrogens with two attached hydrogens (primary N) is 1. The Morgan fingerprint density at radius 1 is 1.27 bits per heavy atom. The van der Waals surface area contributed by atoms with E-state index >= 15 is 0 Å². The molecule has 1 aromatic rings. The van der Waals surface area contributed by atoms with E-state index in [0.29, 0.717) is 0 Å². The molecule has 82 valence electrons. The molecule has 0 spiro atoms. The molecular formula is C13H20N2. The molecule has 2 rings (SSSR count). The molecule has 0 bridgehead atoms. The minimum absolute atomic E-state index is 0.835. The number of rotatable bonds is 2. The molecule has 3 N–H and O–H groups in total. The van der Waals surface area contributed by atoms with Gasteiger partial charge < -0.3 is 11.1 Å². The fourth-order valence-corrected chi connectivity index (χ4v) is 2.35. The minimum atomic E-state index is 0.835. The Kier molecular flexibility index (Phi) is 3.62. The number of nitrogens with one attached hydrogen (secondary N) is 1. The molecule has 2 nitrogen and oxygen atoms in total. The van der Waals surface area contributed by atoms with Crippen LogP contribution < -0.4 is 11.1 Å². The van der Waals surface area contributed by atoms with E-state index in [0.717, 1.165) is 11.6 Å². The average molecular weight is 204 g/mol. The summed E-state index contributed by atoms with van der Waals surface area (Å²) in [5.74, 6) is 0.835. The van der Waals surface area contributed by atoms with Crippen LogP contribution in [0.4, 0.5) is 5.69 Å². The van der Waals surface area contributed by atoms with E-state index in [-0.39, 0.29) is 0 Å². The van der Waals surface area contributed by atoms with Gasteiger partial charge in [0.05, 0.1) is 0 Å². The van der Waals surface area contributed by atoms with Gasteiger partial charge in [-0.3, -0.25) is 0 Å². The largest absolute Gasteiger partial charge is 0.399 e. The SMILES string of the molecule is Nc1cccc(CC2CCCNCC2)c1. The van der Waals surface area contributed by atoms with Crippen molar-refractivity contribution in [1.29, 1.82) is 0 Å². The van der Waals surface area contributed by atoms with Crippen LogP contribution in [0.3, 0.4) is 0 Å². The van der Waals surface area contributed by atoms with E-state index in [1.807, 2.05) is 6.07 Å². The van der Waals surface area contributed by atoms with Gasteiger partial charge in [0, 0.05) is 5.69 Å². The number of hydrogen-bond donors (Lipinski definition) is 2. The first-order chi connectivity index (χ1) is 7.34. The van der Waals surface area contributed by atoms with Gasteiger partial charge in [0.25, 0.3) is 0 Å². The fourth-order valence-electron chi connectivity index (χ4n) is 2.35. The van der Waals surface area contributed by atoms with Crippen molar-refractivity contribution in [2.45, 2.75) is 25.7 Å². The van der Waals surface area contributed by atoms with Gasteiger partial charge in [0.2, 0.25) is 0 Å². The van der Waals surface area contributed by atoms with Crippen molar-refractivity contribution in [3.8, 4) is 0 Å². The van der Waals surface area contributed by atoms with E-state index in [1.54, 1.807) is 0 Å². The van der Waals surface area contributed by atoms with Crippen LogP contribution in [0, 0.1) is 5.92 Å². The smallest absolute Gasteiger partial charge is 0.0316 e. The number of anilines is 1. The lowest BCUT2D eigenvalue weighted by Gasteiger charge is -2.13. The van der Waals surface area contributed by atoms with Crippen LogP contribution in [-0.4, -0.2) is 13.1 Å². The van der Waals surface area contributed by atoms with Crippen LogP contribution in [0.25, 0.3) is 0 Å². The van der Waals surface area contributed by atoms with Crippen molar-refractivity contribution in [1.82, 2.24) is 5.32 Å². The Morgan fingerprint density at radius 3 is 3.07 bits per heavy atom. The second kappa shape index (κ2) is 5.17. The molecule has 1 aliphatic rings. The first kappa shape index (κ1) is 10.5. The topological polar surface area (TPSA) is 38.0 Å². The van der Waals surface area contributed by atoms with Crippen molar-refractivity contribution in [3.05, 3.63) is 29.8 Å². The summed E-state index contributed by atoms with van der Waals surface area (Å²) in [5, 5.41) is 3.45. The molecular weight excluding hydrogens is 184 g/mol. The zero-order valence-corrected chi connectivity index (χ0v) is 9.21. The summed E-state index contributed by atoms with van der Waals surface area (Å²) in [6.45, 7) is 2.36. The van der Waals surface area contributed by atoms with Gasteiger partial charge in [-0.25, -0.2) is 0 Å². The lowest BCUT2D eigenvalue weighted by atomic mass is 9.93. The first-order valence-electron chi connectivity index (χ1n) is 5.90. The van der Waals surface area contributed by atoms with Crippen LogP contribution in [0.2, 0.25) is 0 Å². The third kappa shape index (κ3) is 3.24. The van der Waals surface area contributed by atoms with E-state index in [1.165, 1.54) is 44.3 Å². The molecule has 2 heteroatoms. The number of benzene rings is 1. The normalized spacial score (nSPS) is 22.3. The minimum Gasteiger partial charge on any atom is -0.399 e. The Balaban J connectivity index is 1.95. The summed E-state index contributed by atoms with van der Waals surface area (Å²) in [6.07, 6.45) is 5.15. The van der Waals surface area contributed by atoms with Gasteiger partial charge in [-0.15, -0.1) is 0 Å². The van der Waals surface area contributed by atoms with Crippen LogP contribution in [0.15, 0.2) is 24.3 Å². The predicted octanol–water partition coefficient (Wildman–Crippen LogP) is 2.20. The van der Waals surface area contributed by atoms with Crippen molar-refractivity contribution in [3.63, 3.8) is 0 Å². The lowest BCUT2D eigenvalue weighted by molar-refractivity contribution is 0.470. The Labute approximate surface area is 91.9 Å².